The van der Waals surface area contributed by atoms with E-state index in [0.29, 0.717) is 6.10 Å². The van der Waals surface area contributed by atoms with Gasteiger partial charge in [-0.3, -0.25) is 0 Å². The Kier molecular flexibility index (Phi) is 12.5. The molecule has 0 bridgehead atoms. The molecular weight excluding hydrogens is 284 g/mol. The van der Waals surface area contributed by atoms with E-state index in [0.717, 1.165) is 42.6 Å². The topological polar surface area (TPSA) is 40.2 Å². The minimum absolute atomic E-state index is 0.0348. The molecule has 124 valence electrons. The zero-order chi connectivity index (χ0) is 15.2. The van der Waals surface area contributed by atoms with Crippen LogP contribution in [-0.2, 0) is 18.9 Å². The average molecular weight is 317 g/mol. The molecule has 0 spiro atoms. The summed E-state index contributed by atoms with van der Waals surface area (Å²) in [4.78, 5) is 0. The van der Waals surface area contributed by atoms with Crippen LogP contribution in [0.5, 0.6) is 0 Å². The van der Waals surface area contributed by atoms with E-state index in [-0.39, 0.29) is 5.91 Å². The van der Waals surface area contributed by atoms with Gasteiger partial charge in [0.05, 0.1) is 13.2 Å². The van der Waals surface area contributed by atoms with Gasteiger partial charge in [0.1, 0.15) is 21.5 Å². The predicted molar refractivity (Wildman–Crippen MR) is 85.9 cm³/mol. The first-order valence-corrected chi connectivity index (χ1v) is 9.81. The van der Waals surface area contributed by atoms with E-state index >= 15 is 0 Å². The van der Waals surface area contributed by atoms with Gasteiger partial charge in [-0.15, -0.1) is 0 Å². The van der Waals surface area contributed by atoms with Gasteiger partial charge in [-0.1, -0.05) is 38.1 Å². The van der Waals surface area contributed by atoms with Gasteiger partial charge in [-0.25, -0.2) is 0 Å². The summed E-state index contributed by atoms with van der Waals surface area (Å²) < 4.78 is 21.7. The lowest BCUT2D eigenvalue weighted by molar-refractivity contribution is -0.0827. The Balaban J connectivity index is 1.74. The van der Waals surface area contributed by atoms with Gasteiger partial charge >= 0.3 is 0 Å². The van der Waals surface area contributed by atoms with Crippen molar-refractivity contribution < 1.29 is 18.9 Å². The molecule has 0 N–H and O–H groups in total. The lowest BCUT2D eigenvalue weighted by Crippen LogP contribution is -2.24. The van der Waals surface area contributed by atoms with Gasteiger partial charge in [-0.05, 0) is 20.3 Å². The van der Waals surface area contributed by atoms with Crippen molar-refractivity contribution in [3.05, 3.63) is 0 Å². The molecule has 1 heterocycles. The first-order valence-electron chi connectivity index (χ1n) is 8.52. The zero-order valence-electron chi connectivity index (χ0n) is 13.8. The van der Waals surface area contributed by atoms with Gasteiger partial charge < -0.3 is 18.9 Å². The molecule has 0 aromatic heterocycles. The second kappa shape index (κ2) is 13.7. The van der Waals surface area contributed by atoms with Crippen LogP contribution in [0.3, 0.4) is 0 Å². The quantitative estimate of drug-likeness (QED) is 0.190. The summed E-state index contributed by atoms with van der Waals surface area (Å²) >= 11 is 0. The zero-order valence-corrected chi connectivity index (χ0v) is 14.8. The van der Waals surface area contributed by atoms with Crippen LogP contribution in [0, 0.1) is 0 Å². The van der Waals surface area contributed by atoms with Gasteiger partial charge in [0, 0.05) is 19.8 Å². The molecule has 1 fully saturated rings. The van der Waals surface area contributed by atoms with Crippen LogP contribution in [0.2, 0.25) is 6.04 Å². The summed E-state index contributed by atoms with van der Waals surface area (Å²) in [5.41, 5.74) is 0. The van der Waals surface area contributed by atoms with Crippen LogP contribution >= 0.6 is 0 Å². The van der Waals surface area contributed by atoms with E-state index in [1.807, 2.05) is 13.8 Å². The maximum absolute atomic E-state index is 5.55. The van der Waals surface area contributed by atoms with Crippen LogP contribution in [0.1, 0.15) is 52.4 Å². The molecule has 0 aliphatic carbocycles. The number of hydrogen-bond acceptors (Lipinski definition) is 4. The predicted octanol–water partition coefficient (Wildman–Crippen LogP) is 3.22. The van der Waals surface area contributed by atoms with Crippen molar-refractivity contribution in [1.29, 1.82) is 0 Å². The van der Waals surface area contributed by atoms with Crippen LogP contribution in [0.25, 0.3) is 0 Å². The highest BCUT2D eigenvalue weighted by atomic mass is 28.2. The van der Waals surface area contributed by atoms with Gasteiger partial charge in [0.2, 0.25) is 0 Å². The summed E-state index contributed by atoms with van der Waals surface area (Å²) in [6.45, 7) is 8.12. The van der Waals surface area contributed by atoms with E-state index < -0.39 is 0 Å². The third-order valence-corrected chi connectivity index (χ3v) is 4.68. The fraction of sp³-hybridized carbons (Fsp3) is 1.00. The van der Waals surface area contributed by atoms with Crippen LogP contribution < -0.4 is 0 Å². The summed E-state index contributed by atoms with van der Waals surface area (Å²) in [5, 5.41) is 0. The minimum atomic E-state index is 0.0348. The van der Waals surface area contributed by atoms with E-state index in [1.54, 1.807) is 0 Å². The lowest BCUT2D eigenvalue weighted by Gasteiger charge is -2.15. The van der Waals surface area contributed by atoms with Crippen molar-refractivity contribution in [2.75, 3.05) is 33.0 Å². The Labute approximate surface area is 132 Å². The largest absolute Gasteiger partial charge is 0.379 e. The number of hydrogen-bond donors (Lipinski definition) is 0. The van der Waals surface area contributed by atoms with E-state index in [1.165, 1.54) is 44.6 Å². The molecule has 1 aliphatic heterocycles. The molecule has 0 amide bonds. The minimum Gasteiger partial charge on any atom is -0.379 e. The van der Waals surface area contributed by atoms with Gasteiger partial charge in [0.15, 0.2) is 0 Å². The lowest BCUT2D eigenvalue weighted by atomic mass is 10.1. The molecule has 1 atom stereocenters. The monoisotopic (exact) mass is 316 g/mol. The summed E-state index contributed by atoms with van der Waals surface area (Å²) in [5.74, 6) is 0.0348. The van der Waals surface area contributed by atoms with Crippen molar-refractivity contribution in [3.8, 4) is 0 Å². The standard InChI is InChI=1S/C16H32O4Si/c1-3-18-16(19-4-2)21-12-10-8-6-5-7-9-11-17-13-15-14-20-15/h15-16H,3-14H2,1-2H3. The number of ether oxygens (including phenoxy) is 4. The Bertz CT molecular complexity index is 218. The third-order valence-electron chi connectivity index (χ3n) is 3.37. The SMILES string of the molecule is CCOC(OCC)[Si]CCCCCCCCOCC1CO1. The smallest absolute Gasteiger partial charge is 0.137 e. The maximum Gasteiger partial charge on any atom is 0.137 e. The highest BCUT2D eigenvalue weighted by Crippen LogP contribution is 2.11. The van der Waals surface area contributed by atoms with Crippen molar-refractivity contribution in [2.24, 2.45) is 0 Å². The molecule has 1 rings (SSSR count). The highest BCUT2D eigenvalue weighted by molar-refractivity contribution is 6.36. The number of epoxide rings is 1. The van der Waals surface area contributed by atoms with Crippen LogP contribution in [0.15, 0.2) is 0 Å². The Morgan fingerprint density at radius 1 is 1.00 bits per heavy atom. The Morgan fingerprint density at radius 3 is 2.24 bits per heavy atom. The molecule has 0 aromatic carbocycles. The molecule has 4 nitrogen and oxygen atoms in total. The summed E-state index contributed by atoms with van der Waals surface area (Å²) in [7, 11) is 0.776. The van der Waals surface area contributed by atoms with E-state index in [9.17, 15) is 0 Å². The second-order valence-electron chi connectivity index (χ2n) is 5.35. The number of rotatable bonds is 16. The third kappa shape index (κ3) is 12.3. The van der Waals surface area contributed by atoms with E-state index in [2.05, 4.69) is 0 Å². The molecule has 1 saturated heterocycles. The van der Waals surface area contributed by atoms with E-state index in [4.69, 9.17) is 18.9 Å². The molecule has 2 radical (unpaired) electrons. The summed E-state index contributed by atoms with van der Waals surface area (Å²) in [6.07, 6.45) is 8.17. The summed E-state index contributed by atoms with van der Waals surface area (Å²) in [6, 6.07) is 1.23. The molecular formula is C16H32O4Si. The molecule has 5 heteroatoms. The molecule has 1 aliphatic rings. The molecule has 1 unspecified atom stereocenters. The number of unbranched alkanes of at least 4 members (excludes halogenated alkanes) is 5. The van der Waals surface area contributed by atoms with Crippen molar-refractivity contribution in [1.82, 2.24) is 0 Å². The Hall–Kier alpha value is 0.0569. The maximum atomic E-state index is 5.55. The first-order chi connectivity index (χ1) is 10.4. The fourth-order valence-electron chi connectivity index (χ4n) is 2.10. The van der Waals surface area contributed by atoms with Gasteiger partial charge in [0.25, 0.3) is 0 Å². The first kappa shape index (κ1) is 19.1. The normalized spacial score (nSPS) is 17.6. The van der Waals surface area contributed by atoms with Crippen molar-refractivity contribution >= 4 is 9.52 Å². The van der Waals surface area contributed by atoms with Crippen molar-refractivity contribution in [2.45, 2.75) is 70.4 Å². The fourth-order valence-corrected chi connectivity index (χ4v) is 3.36. The van der Waals surface area contributed by atoms with Crippen molar-refractivity contribution in [3.63, 3.8) is 0 Å². The average Bonchev–Trinajstić information content (AvgIpc) is 3.29. The Morgan fingerprint density at radius 2 is 1.62 bits per heavy atom. The molecule has 0 saturated carbocycles. The second-order valence-corrected chi connectivity index (χ2v) is 6.73. The highest BCUT2D eigenvalue weighted by Gasteiger charge is 2.21. The molecule has 0 aromatic rings. The van der Waals surface area contributed by atoms with Gasteiger partial charge in [-0.2, -0.15) is 0 Å². The van der Waals surface area contributed by atoms with Crippen LogP contribution in [-0.4, -0.2) is 54.6 Å². The van der Waals surface area contributed by atoms with Crippen LogP contribution in [0.4, 0.5) is 0 Å². The molecule has 21 heavy (non-hydrogen) atoms.